The van der Waals surface area contributed by atoms with Gasteiger partial charge < -0.3 is 15.8 Å². The highest BCUT2D eigenvalue weighted by molar-refractivity contribution is 7.80. The summed E-state index contributed by atoms with van der Waals surface area (Å²) in [6, 6.07) is 8.00. The van der Waals surface area contributed by atoms with Crippen LogP contribution in [0.1, 0.15) is 12.0 Å². The van der Waals surface area contributed by atoms with E-state index in [9.17, 15) is 0 Å². The van der Waals surface area contributed by atoms with Crippen molar-refractivity contribution in [3.63, 3.8) is 0 Å². The monoisotopic (exact) mass is 287 g/mol. The summed E-state index contributed by atoms with van der Waals surface area (Å²) in [5.74, 6) is 0.543. The Morgan fingerprint density at radius 2 is 2.30 bits per heavy atom. The molecule has 2 aromatic rings. The minimum atomic E-state index is 0.369. The van der Waals surface area contributed by atoms with Crippen LogP contribution in [0.25, 0.3) is 10.9 Å². The van der Waals surface area contributed by atoms with Gasteiger partial charge in [0.1, 0.15) is 4.99 Å². The molecule has 1 fully saturated rings. The van der Waals surface area contributed by atoms with E-state index in [1.165, 1.54) is 0 Å². The summed E-state index contributed by atoms with van der Waals surface area (Å²) in [7, 11) is 0. The molecular formula is C15H17N3OS. The number of anilines is 1. The van der Waals surface area contributed by atoms with Crippen LogP contribution in [0.4, 0.5) is 5.69 Å². The molecule has 1 saturated heterocycles. The van der Waals surface area contributed by atoms with Gasteiger partial charge in [-0.1, -0.05) is 30.4 Å². The Bertz CT molecular complexity index is 638. The van der Waals surface area contributed by atoms with Crippen LogP contribution in [0.15, 0.2) is 30.5 Å². The second kappa shape index (κ2) is 5.73. The summed E-state index contributed by atoms with van der Waals surface area (Å²) in [5, 5.41) is 4.54. The number of aromatic nitrogens is 1. The number of pyridine rings is 1. The zero-order valence-corrected chi connectivity index (χ0v) is 12.0. The van der Waals surface area contributed by atoms with Gasteiger partial charge in [-0.05, 0) is 12.5 Å². The Morgan fingerprint density at radius 3 is 3.05 bits per heavy atom. The Labute approximate surface area is 123 Å². The number of benzene rings is 1. The van der Waals surface area contributed by atoms with Gasteiger partial charge in [-0.15, -0.1) is 0 Å². The summed E-state index contributed by atoms with van der Waals surface area (Å²) < 4.78 is 5.41. The minimum absolute atomic E-state index is 0.369. The molecule has 1 unspecified atom stereocenters. The molecule has 0 saturated carbocycles. The number of fused-ring (bicyclic) bond motifs is 1. The number of nitrogens with zero attached hydrogens (tertiary/aromatic N) is 1. The van der Waals surface area contributed by atoms with E-state index in [-0.39, 0.29) is 0 Å². The molecule has 1 aliphatic rings. The maximum absolute atomic E-state index is 5.82. The molecule has 1 aromatic carbocycles. The molecule has 104 valence electrons. The third-order valence-electron chi connectivity index (χ3n) is 3.63. The van der Waals surface area contributed by atoms with Gasteiger partial charge in [-0.3, -0.25) is 4.98 Å². The maximum Gasteiger partial charge on any atom is 0.107 e. The first kappa shape index (κ1) is 13.3. The van der Waals surface area contributed by atoms with Gasteiger partial charge in [0.15, 0.2) is 0 Å². The van der Waals surface area contributed by atoms with E-state index in [0.717, 1.165) is 48.3 Å². The van der Waals surface area contributed by atoms with E-state index in [1.54, 1.807) is 6.20 Å². The van der Waals surface area contributed by atoms with Crippen molar-refractivity contribution in [2.24, 2.45) is 11.7 Å². The van der Waals surface area contributed by atoms with E-state index >= 15 is 0 Å². The number of hydrogen-bond donors (Lipinski definition) is 2. The van der Waals surface area contributed by atoms with Crippen molar-refractivity contribution in [2.45, 2.75) is 6.42 Å². The topological polar surface area (TPSA) is 60.2 Å². The second-order valence-electron chi connectivity index (χ2n) is 5.04. The number of hydrogen-bond acceptors (Lipinski definition) is 4. The number of ether oxygens (including phenoxy) is 1. The maximum atomic E-state index is 5.82. The van der Waals surface area contributed by atoms with E-state index in [0.29, 0.717) is 10.9 Å². The van der Waals surface area contributed by atoms with Crippen molar-refractivity contribution in [1.29, 1.82) is 0 Å². The fourth-order valence-corrected chi connectivity index (χ4v) is 2.66. The highest BCUT2D eigenvalue weighted by Crippen LogP contribution is 2.26. The zero-order valence-electron chi connectivity index (χ0n) is 11.1. The van der Waals surface area contributed by atoms with Gasteiger partial charge in [0.25, 0.3) is 0 Å². The first-order chi connectivity index (χ1) is 9.75. The van der Waals surface area contributed by atoms with E-state index in [2.05, 4.69) is 10.3 Å². The fourth-order valence-electron chi connectivity index (χ4n) is 2.51. The molecule has 1 atom stereocenters. The SMILES string of the molecule is NC(=S)c1cnc2ccccc2c1NCC1CCOC1. The molecule has 20 heavy (non-hydrogen) atoms. The van der Waals surface area contributed by atoms with Crippen molar-refractivity contribution in [3.05, 3.63) is 36.0 Å². The molecular weight excluding hydrogens is 270 g/mol. The Balaban J connectivity index is 1.96. The quantitative estimate of drug-likeness (QED) is 0.845. The summed E-state index contributed by atoms with van der Waals surface area (Å²) in [6.45, 7) is 2.54. The molecule has 3 rings (SSSR count). The van der Waals surface area contributed by atoms with E-state index in [4.69, 9.17) is 22.7 Å². The predicted molar refractivity (Wildman–Crippen MR) is 85.0 cm³/mol. The smallest absolute Gasteiger partial charge is 0.107 e. The predicted octanol–water partition coefficient (Wildman–Crippen LogP) is 2.32. The van der Waals surface area contributed by atoms with E-state index < -0.39 is 0 Å². The number of nitrogens with one attached hydrogen (secondary N) is 1. The van der Waals surface area contributed by atoms with Gasteiger partial charge in [0.2, 0.25) is 0 Å². The van der Waals surface area contributed by atoms with Crippen LogP contribution in [0.5, 0.6) is 0 Å². The number of thiocarbonyl (C=S) groups is 1. The molecule has 4 nitrogen and oxygen atoms in total. The largest absolute Gasteiger partial charge is 0.389 e. The van der Waals surface area contributed by atoms with Crippen molar-refractivity contribution in [3.8, 4) is 0 Å². The van der Waals surface area contributed by atoms with Crippen LogP contribution < -0.4 is 11.1 Å². The first-order valence-electron chi connectivity index (χ1n) is 6.75. The lowest BCUT2D eigenvalue weighted by Crippen LogP contribution is -2.18. The highest BCUT2D eigenvalue weighted by Gasteiger charge is 2.17. The van der Waals surface area contributed by atoms with Gasteiger partial charge in [0.05, 0.1) is 23.4 Å². The summed E-state index contributed by atoms with van der Waals surface area (Å²) in [4.78, 5) is 4.78. The zero-order chi connectivity index (χ0) is 13.9. The summed E-state index contributed by atoms with van der Waals surface area (Å²) in [5.41, 5.74) is 8.54. The Kier molecular flexibility index (Phi) is 3.80. The summed E-state index contributed by atoms with van der Waals surface area (Å²) >= 11 is 5.13. The molecule has 1 aromatic heterocycles. The molecule has 2 heterocycles. The molecule has 5 heteroatoms. The number of nitrogens with two attached hydrogens (primary N) is 1. The molecule has 0 aliphatic carbocycles. The third kappa shape index (κ3) is 2.59. The number of para-hydroxylation sites is 1. The van der Waals surface area contributed by atoms with Crippen molar-refractivity contribution in [2.75, 3.05) is 25.1 Å². The van der Waals surface area contributed by atoms with Crippen molar-refractivity contribution < 1.29 is 4.74 Å². The lowest BCUT2D eigenvalue weighted by atomic mass is 10.1. The minimum Gasteiger partial charge on any atom is -0.389 e. The van der Waals surface area contributed by atoms with Crippen LogP contribution in [0.2, 0.25) is 0 Å². The third-order valence-corrected chi connectivity index (χ3v) is 3.85. The van der Waals surface area contributed by atoms with Crippen LogP contribution in [0.3, 0.4) is 0 Å². The van der Waals surface area contributed by atoms with E-state index in [1.807, 2.05) is 24.3 Å². The number of rotatable bonds is 4. The lowest BCUT2D eigenvalue weighted by Gasteiger charge is -2.16. The Hall–Kier alpha value is -1.72. The molecule has 1 aliphatic heterocycles. The van der Waals surface area contributed by atoms with Crippen molar-refractivity contribution >= 4 is 33.8 Å². The van der Waals surface area contributed by atoms with Gasteiger partial charge in [0, 0.05) is 30.7 Å². The standard InChI is InChI=1S/C15H17N3OS/c16-15(20)12-8-17-13-4-2-1-3-11(13)14(12)18-7-10-5-6-19-9-10/h1-4,8,10H,5-7,9H2,(H2,16,20)(H,17,18). The highest BCUT2D eigenvalue weighted by atomic mass is 32.1. The summed E-state index contributed by atoms with van der Waals surface area (Å²) in [6.07, 6.45) is 2.84. The van der Waals surface area contributed by atoms with Crippen LogP contribution in [-0.4, -0.2) is 29.7 Å². The molecule has 0 radical (unpaired) electrons. The lowest BCUT2D eigenvalue weighted by molar-refractivity contribution is 0.187. The van der Waals surface area contributed by atoms with Crippen LogP contribution >= 0.6 is 12.2 Å². The molecule has 0 bridgehead atoms. The second-order valence-corrected chi connectivity index (χ2v) is 5.48. The molecule has 0 amide bonds. The average Bonchev–Trinajstić information content (AvgIpc) is 2.97. The van der Waals surface area contributed by atoms with Crippen LogP contribution in [0, 0.1) is 5.92 Å². The van der Waals surface area contributed by atoms with Gasteiger partial charge in [-0.2, -0.15) is 0 Å². The Morgan fingerprint density at radius 1 is 1.45 bits per heavy atom. The first-order valence-corrected chi connectivity index (χ1v) is 7.15. The fraction of sp³-hybridized carbons (Fsp3) is 0.333. The normalized spacial score (nSPS) is 18.3. The molecule has 3 N–H and O–H groups in total. The average molecular weight is 287 g/mol. The molecule has 0 spiro atoms. The van der Waals surface area contributed by atoms with Crippen LogP contribution in [-0.2, 0) is 4.74 Å². The van der Waals surface area contributed by atoms with Gasteiger partial charge in [-0.25, -0.2) is 0 Å². The van der Waals surface area contributed by atoms with Crippen molar-refractivity contribution in [1.82, 2.24) is 4.98 Å². The van der Waals surface area contributed by atoms with Gasteiger partial charge >= 0.3 is 0 Å².